The lowest BCUT2D eigenvalue weighted by Gasteiger charge is -2.62. The van der Waals surface area contributed by atoms with Crippen LogP contribution in [0.5, 0.6) is 11.5 Å². The van der Waals surface area contributed by atoms with Gasteiger partial charge in [0.25, 0.3) is 0 Å². The lowest BCUT2D eigenvalue weighted by Crippen LogP contribution is -2.69. The van der Waals surface area contributed by atoms with Gasteiger partial charge in [0, 0.05) is 29.3 Å². The Morgan fingerprint density at radius 1 is 1.16 bits per heavy atom. The highest BCUT2D eigenvalue weighted by Crippen LogP contribution is 2.70. The van der Waals surface area contributed by atoms with Crippen molar-refractivity contribution < 1.29 is 44.6 Å². The Morgan fingerprint density at radius 3 is 2.44 bits per heavy atom. The monoisotopic (exact) mass is 603 g/mol. The van der Waals surface area contributed by atoms with Gasteiger partial charge >= 0.3 is 0 Å². The molecule has 3 fully saturated rings. The van der Waals surface area contributed by atoms with E-state index in [1.807, 2.05) is 13.8 Å². The van der Waals surface area contributed by atoms with E-state index in [0.717, 1.165) is 0 Å². The van der Waals surface area contributed by atoms with Crippen LogP contribution in [-0.2, 0) is 9.59 Å². The maximum atomic E-state index is 16.9. The second-order valence-electron chi connectivity index (χ2n) is 13.6. The second-order valence-corrected chi connectivity index (χ2v) is 13.6. The van der Waals surface area contributed by atoms with E-state index >= 15 is 4.39 Å². The van der Waals surface area contributed by atoms with Gasteiger partial charge in [-0.05, 0) is 74.3 Å². The Kier molecular flexibility index (Phi) is 9.06. The van der Waals surface area contributed by atoms with Crippen molar-refractivity contribution in [1.29, 1.82) is 0 Å². The Bertz CT molecular complexity index is 1310. The predicted molar refractivity (Wildman–Crippen MR) is 158 cm³/mol. The molecule has 0 amide bonds. The van der Waals surface area contributed by atoms with Crippen molar-refractivity contribution in [1.82, 2.24) is 5.32 Å². The summed E-state index contributed by atoms with van der Waals surface area (Å²) in [6.07, 6.45) is 3.76. The Hall–Kier alpha value is -2.63. The zero-order chi connectivity index (χ0) is 32.1. The van der Waals surface area contributed by atoms with Gasteiger partial charge in [-0.2, -0.15) is 0 Å². The summed E-state index contributed by atoms with van der Waals surface area (Å²) in [5.41, 5.74) is -4.59. The summed E-state index contributed by atoms with van der Waals surface area (Å²) in [4.78, 5) is 24.4. The molecule has 10 heteroatoms. The van der Waals surface area contributed by atoms with Gasteiger partial charge in [0.1, 0.15) is 12.2 Å². The molecule has 9 atom stereocenters. The fourth-order valence-corrected chi connectivity index (χ4v) is 8.47. The van der Waals surface area contributed by atoms with Crippen molar-refractivity contribution in [2.24, 2.45) is 28.6 Å². The van der Waals surface area contributed by atoms with Crippen LogP contribution in [0.1, 0.15) is 72.0 Å². The number of allylic oxidation sites excluding steroid dienone is 4. The summed E-state index contributed by atoms with van der Waals surface area (Å²) in [6, 6.07) is 4.61. The first kappa shape index (κ1) is 33.3. The number of benzene rings is 1. The first-order valence-corrected chi connectivity index (χ1v) is 15.1. The smallest absolute Gasteiger partial charge is 0.190 e. The molecule has 9 nitrogen and oxygen atoms in total. The lowest BCUT2D eigenvalue weighted by atomic mass is 9.44. The topological polar surface area (TPSA) is 168 Å². The number of alkyl halides is 1. The number of phenolic OH excluding ortho intramolecular Hbond substituents is 2. The second kappa shape index (κ2) is 11.7. The largest absolute Gasteiger partial charge is 0.504 e. The number of halogens is 1. The molecule has 4 aliphatic carbocycles. The molecular weight excluding hydrogens is 557 g/mol. The molecule has 1 unspecified atom stereocenters. The molecule has 0 aliphatic heterocycles. The number of hydrogen-bond acceptors (Lipinski definition) is 9. The molecular formula is C33H46FNO8. The molecule has 7 N–H and O–H groups in total. The number of Topliss-reactive ketones (excluding diaryl/α,β-unsaturated/α-hetero) is 1. The van der Waals surface area contributed by atoms with E-state index in [-0.39, 0.29) is 29.6 Å². The van der Waals surface area contributed by atoms with Gasteiger partial charge in [0.2, 0.25) is 0 Å². The molecule has 43 heavy (non-hydrogen) atoms. The van der Waals surface area contributed by atoms with Gasteiger partial charge in [0.05, 0.1) is 12.2 Å². The van der Waals surface area contributed by atoms with E-state index in [4.69, 9.17) is 5.11 Å². The third-order valence-electron chi connectivity index (χ3n) is 10.9. The number of hydrogen-bond donors (Lipinski definition) is 7. The van der Waals surface area contributed by atoms with Crippen molar-refractivity contribution in [2.45, 2.75) is 89.8 Å². The van der Waals surface area contributed by atoms with Crippen LogP contribution in [0.15, 0.2) is 42.0 Å². The van der Waals surface area contributed by atoms with Gasteiger partial charge in [-0.15, -0.1) is 0 Å². The first-order chi connectivity index (χ1) is 20.0. The fourth-order valence-electron chi connectivity index (χ4n) is 8.47. The molecule has 1 aromatic rings. The van der Waals surface area contributed by atoms with Gasteiger partial charge < -0.3 is 36.0 Å². The molecule has 3 saturated carbocycles. The highest BCUT2D eigenvalue weighted by Gasteiger charge is 2.75. The summed E-state index contributed by atoms with van der Waals surface area (Å²) >= 11 is 0. The summed E-state index contributed by atoms with van der Waals surface area (Å²) in [7, 11) is 0. The van der Waals surface area contributed by atoms with Crippen LogP contribution in [0.25, 0.3) is 0 Å². The third-order valence-corrected chi connectivity index (χ3v) is 10.9. The zero-order valence-corrected chi connectivity index (χ0v) is 25.5. The van der Waals surface area contributed by atoms with Crippen LogP contribution < -0.4 is 5.32 Å². The van der Waals surface area contributed by atoms with Gasteiger partial charge in [-0.25, -0.2) is 4.39 Å². The third kappa shape index (κ3) is 5.15. The molecule has 0 radical (unpaired) electrons. The Balaban J connectivity index is 0.000000239. The van der Waals surface area contributed by atoms with Crippen LogP contribution >= 0.6 is 0 Å². The van der Waals surface area contributed by atoms with Gasteiger partial charge in [-0.1, -0.05) is 45.4 Å². The quantitative estimate of drug-likeness (QED) is 0.242. The Morgan fingerprint density at radius 2 is 1.84 bits per heavy atom. The minimum atomic E-state index is -1.98. The number of rotatable bonds is 6. The van der Waals surface area contributed by atoms with Crippen LogP contribution in [0.4, 0.5) is 4.39 Å². The number of aromatic hydroxyl groups is 2. The number of nitrogens with one attached hydrogen (secondary N) is 1. The number of carbonyl (C=O) groups excluding carboxylic acids is 2. The van der Waals surface area contributed by atoms with E-state index in [1.165, 1.54) is 24.3 Å². The van der Waals surface area contributed by atoms with Crippen molar-refractivity contribution in [3.8, 4) is 11.5 Å². The molecule has 0 heterocycles. The number of aliphatic hydroxyl groups is 4. The van der Waals surface area contributed by atoms with Crippen molar-refractivity contribution in [3.63, 3.8) is 0 Å². The predicted octanol–water partition coefficient (Wildman–Crippen LogP) is 3.02. The minimum Gasteiger partial charge on any atom is -0.504 e. The van der Waals surface area contributed by atoms with E-state index in [2.05, 4.69) is 5.32 Å². The SMILES string of the molecule is CC(C)NCC(O)c1ccc(O)c(O)c1.C[C@@H]1C[C@H]2[C@@H]3CCC4=CC(=O)C=C[C@]4(C)[C@@]3(F)[C@@H](O)C[C@]2(C)[C@@]1(O)C(=O)CO. The molecule has 5 rings (SSSR count). The lowest BCUT2D eigenvalue weighted by molar-refractivity contribution is -0.219. The summed E-state index contributed by atoms with van der Waals surface area (Å²) < 4.78 is 16.9. The fraction of sp³-hybridized carbons (Fsp3) is 0.636. The molecule has 4 aliphatic rings. The molecule has 0 saturated heterocycles. The van der Waals surface area contributed by atoms with Crippen molar-refractivity contribution in [3.05, 3.63) is 47.6 Å². The standard InChI is InChI=1S/C22H29FO5.C11H17NO3/c1-12-8-16-15-5-4-13-9-14(25)6-7-19(13,2)21(15,23)17(26)10-20(16,3)22(12,28)18(27)11-24;1-7(2)12-6-11(15)8-3-4-9(13)10(14)5-8/h6-7,9,12,15-17,24,26,28H,4-5,8,10-11H2,1-3H3;3-5,7,11-15H,6H2,1-2H3/t12-,15+,16+,17+,19+,20+,21+,22+;/m1./s1. The summed E-state index contributed by atoms with van der Waals surface area (Å²) in [5.74, 6) is -2.51. The van der Waals surface area contributed by atoms with E-state index in [1.54, 1.807) is 32.9 Å². The van der Waals surface area contributed by atoms with Gasteiger partial charge in [0.15, 0.2) is 28.7 Å². The maximum absolute atomic E-state index is 16.9. The first-order valence-electron chi connectivity index (χ1n) is 15.1. The number of fused-ring (bicyclic) bond motifs is 5. The minimum absolute atomic E-state index is 0.0676. The molecule has 0 bridgehead atoms. The molecule has 0 aromatic heterocycles. The zero-order valence-electron chi connectivity index (χ0n) is 25.5. The normalized spacial score (nSPS) is 38.8. The number of phenols is 2. The van der Waals surface area contributed by atoms with Crippen LogP contribution in [-0.4, -0.2) is 78.8 Å². The summed E-state index contributed by atoms with van der Waals surface area (Å²) in [5, 5.41) is 63.1. The number of carbonyl (C=O) groups is 2. The van der Waals surface area contributed by atoms with Crippen LogP contribution in [0, 0.1) is 28.6 Å². The highest BCUT2D eigenvalue weighted by atomic mass is 19.1. The molecule has 238 valence electrons. The van der Waals surface area contributed by atoms with Crippen LogP contribution in [0.3, 0.4) is 0 Å². The average molecular weight is 604 g/mol. The van der Waals surface area contributed by atoms with Gasteiger partial charge in [-0.3, -0.25) is 9.59 Å². The summed E-state index contributed by atoms with van der Waals surface area (Å²) in [6.45, 7) is 8.87. The number of ketones is 2. The van der Waals surface area contributed by atoms with E-state index in [0.29, 0.717) is 43.0 Å². The highest BCUT2D eigenvalue weighted by molar-refractivity contribution is 6.01. The molecule has 1 aromatic carbocycles. The van der Waals surface area contributed by atoms with Crippen molar-refractivity contribution >= 4 is 11.6 Å². The number of aliphatic hydroxyl groups excluding tert-OH is 3. The Labute approximate surface area is 252 Å². The van der Waals surface area contributed by atoms with Crippen molar-refractivity contribution in [2.75, 3.05) is 13.2 Å². The maximum Gasteiger partial charge on any atom is 0.190 e. The molecule has 0 spiro atoms. The van der Waals surface area contributed by atoms with Crippen LogP contribution in [0.2, 0.25) is 0 Å². The van der Waals surface area contributed by atoms with E-state index in [9.17, 15) is 35.1 Å². The average Bonchev–Trinajstić information content (AvgIpc) is 3.15. The van der Waals surface area contributed by atoms with E-state index < -0.39 is 58.5 Å².